The first-order valence-electron chi connectivity index (χ1n) is 10.9. The molecule has 1 aliphatic heterocycles. The highest BCUT2D eigenvalue weighted by atomic mass is 16.2. The zero-order chi connectivity index (χ0) is 21.0. The van der Waals surface area contributed by atoms with E-state index in [0.29, 0.717) is 19.0 Å². The Balaban J connectivity index is 1.22. The molecule has 2 N–H and O–H groups in total. The van der Waals surface area contributed by atoms with E-state index in [1.54, 1.807) is 0 Å². The van der Waals surface area contributed by atoms with Crippen LogP contribution in [0.2, 0.25) is 0 Å². The van der Waals surface area contributed by atoms with Crippen molar-refractivity contribution in [1.29, 1.82) is 0 Å². The molecule has 0 saturated heterocycles. The van der Waals surface area contributed by atoms with E-state index in [9.17, 15) is 4.79 Å². The van der Waals surface area contributed by atoms with E-state index in [0.717, 1.165) is 25.0 Å². The number of carbonyl (C=O) groups is 1. The summed E-state index contributed by atoms with van der Waals surface area (Å²) in [4.78, 5) is 18.3. The zero-order valence-electron chi connectivity index (χ0n) is 17.6. The van der Waals surface area contributed by atoms with Gasteiger partial charge in [0.25, 0.3) is 0 Å². The molecule has 0 bridgehead atoms. The fourth-order valence-corrected chi connectivity index (χ4v) is 4.70. The SMILES string of the molecule is O=C(CN1Cc2ccccc2C(c2ccccc2)C1)NCCc1c[nH]c2ccccc12. The molecule has 0 spiro atoms. The Morgan fingerprint density at radius 3 is 2.65 bits per heavy atom. The maximum absolute atomic E-state index is 12.7. The van der Waals surface area contributed by atoms with Crippen LogP contribution >= 0.6 is 0 Å². The van der Waals surface area contributed by atoms with Gasteiger partial charge in [0.1, 0.15) is 0 Å². The number of rotatable bonds is 6. The molecule has 2 heterocycles. The molecule has 0 radical (unpaired) electrons. The standard InChI is InChI=1S/C27H27N3O/c31-27(28-15-14-21-16-29-26-13-7-6-12-24(21)26)19-30-17-22-10-4-5-11-23(22)25(18-30)20-8-2-1-3-9-20/h1-13,16,25,29H,14-15,17-19H2,(H,28,31). The Hall–Kier alpha value is -3.37. The lowest BCUT2D eigenvalue weighted by molar-refractivity contribution is -0.122. The summed E-state index contributed by atoms with van der Waals surface area (Å²) in [7, 11) is 0. The van der Waals surface area contributed by atoms with Gasteiger partial charge in [0, 0.05) is 42.7 Å². The van der Waals surface area contributed by atoms with Crippen LogP contribution in [0.25, 0.3) is 10.9 Å². The fourth-order valence-electron chi connectivity index (χ4n) is 4.70. The number of carbonyl (C=O) groups excluding carboxylic acids is 1. The van der Waals surface area contributed by atoms with E-state index >= 15 is 0 Å². The number of aromatic nitrogens is 1. The summed E-state index contributed by atoms with van der Waals surface area (Å²) in [6.45, 7) is 2.74. The number of aromatic amines is 1. The first-order chi connectivity index (χ1) is 15.3. The number of amides is 1. The Morgan fingerprint density at radius 2 is 1.74 bits per heavy atom. The molecule has 1 amide bonds. The summed E-state index contributed by atoms with van der Waals surface area (Å²) in [6, 6.07) is 27.5. The molecule has 0 fully saturated rings. The van der Waals surface area contributed by atoms with Crippen molar-refractivity contribution in [2.45, 2.75) is 18.9 Å². The molecule has 0 aliphatic carbocycles. The van der Waals surface area contributed by atoms with Crippen LogP contribution in [0.15, 0.2) is 85.1 Å². The topological polar surface area (TPSA) is 48.1 Å². The summed E-state index contributed by atoms with van der Waals surface area (Å²) in [5, 5.41) is 4.35. The molecule has 1 aromatic heterocycles. The van der Waals surface area contributed by atoms with Gasteiger partial charge in [-0.1, -0.05) is 72.8 Å². The number of H-pyrrole nitrogens is 1. The van der Waals surface area contributed by atoms with Crippen molar-refractivity contribution in [3.05, 3.63) is 107 Å². The van der Waals surface area contributed by atoms with Gasteiger partial charge in [0.2, 0.25) is 5.91 Å². The minimum absolute atomic E-state index is 0.0889. The van der Waals surface area contributed by atoms with Crippen molar-refractivity contribution in [2.75, 3.05) is 19.6 Å². The van der Waals surface area contributed by atoms with Crippen molar-refractivity contribution in [3.63, 3.8) is 0 Å². The molecule has 4 nitrogen and oxygen atoms in total. The number of hydrogen-bond acceptors (Lipinski definition) is 2. The molecule has 5 rings (SSSR count). The van der Waals surface area contributed by atoms with Gasteiger partial charge < -0.3 is 10.3 Å². The van der Waals surface area contributed by atoms with Gasteiger partial charge in [-0.05, 0) is 34.7 Å². The molecular formula is C27H27N3O. The third-order valence-corrected chi connectivity index (χ3v) is 6.23. The maximum Gasteiger partial charge on any atom is 0.234 e. The third-order valence-electron chi connectivity index (χ3n) is 6.23. The van der Waals surface area contributed by atoms with Gasteiger partial charge in [-0.15, -0.1) is 0 Å². The average Bonchev–Trinajstić information content (AvgIpc) is 3.22. The number of nitrogens with zero attached hydrogens (tertiary/aromatic N) is 1. The van der Waals surface area contributed by atoms with E-state index in [1.165, 1.54) is 27.6 Å². The number of hydrogen-bond donors (Lipinski definition) is 2. The lowest BCUT2D eigenvalue weighted by atomic mass is 9.84. The van der Waals surface area contributed by atoms with E-state index in [4.69, 9.17) is 0 Å². The fraction of sp³-hybridized carbons (Fsp3) is 0.222. The largest absolute Gasteiger partial charge is 0.361 e. The van der Waals surface area contributed by atoms with Crippen LogP contribution in [0.1, 0.15) is 28.2 Å². The molecule has 1 atom stereocenters. The van der Waals surface area contributed by atoms with Gasteiger partial charge >= 0.3 is 0 Å². The van der Waals surface area contributed by atoms with Crippen molar-refractivity contribution in [1.82, 2.24) is 15.2 Å². The predicted octanol–water partition coefficient (Wildman–Crippen LogP) is 4.47. The van der Waals surface area contributed by atoms with Crippen LogP contribution in [0.4, 0.5) is 0 Å². The zero-order valence-corrected chi connectivity index (χ0v) is 17.6. The van der Waals surface area contributed by atoms with E-state index < -0.39 is 0 Å². The second-order valence-electron chi connectivity index (χ2n) is 8.29. The summed E-state index contributed by atoms with van der Waals surface area (Å²) in [6.07, 6.45) is 2.87. The lowest BCUT2D eigenvalue weighted by Crippen LogP contribution is -2.42. The van der Waals surface area contributed by atoms with Crippen LogP contribution in [0, 0.1) is 0 Å². The van der Waals surface area contributed by atoms with E-state index in [-0.39, 0.29) is 5.91 Å². The Bertz CT molecular complexity index is 1180. The Morgan fingerprint density at radius 1 is 0.968 bits per heavy atom. The van der Waals surface area contributed by atoms with Gasteiger partial charge in [-0.25, -0.2) is 0 Å². The average molecular weight is 410 g/mol. The highest BCUT2D eigenvalue weighted by Crippen LogP contribution is 2.33. The summed E-state index contributed by atoms with van der Waals surface area (Å²) in [5.74, 6) is 0.385. The van der Waals surface area contributed by atoms with Gasteiger partial charge in [-0.3, -0.25) is 9.69 Å². The van der Waals surface area contributed by atoms with Crippen LogP contribution in [0.5, 0.6) is 0 Å². The predicted molar refractivity (Wildman–Crippen MR) is 125 cm³/mol. The lowest BCUT2D eigenvalue weighted by Gasteiger charge is -2.34. The highest BCUT2D eigenvalue weighted by molar-refractivity contribution is 5.83. The molecule has 4 heteroatoms. The van der Waals surface area contributed by atoms with Crippen molar-refractivity contribution < 1.29 is 4.79 Å². The first-order valence-corrected chi connectivity index (χ1v) is 10.9. The number of benzene rings is 3. The van der Waals surface area contributed by atoms with E-state index in [2.05, 4.69) is 88.0 Å². The Kier molecular flexibility index (Phi) is 5.55. The van der Waals surface area contributed by atoms with Crippen molar-refractivity contribution >= 4 is 16.8 Å². The smallest absolute Gasteiger partial charge is 0.234 e. The first kappa shape index (κ1) is 19.6. The summed E-state index contributed by atoms with van der Waals surface area (Å²) >= 11 is 0. The third kappa shape index (κ3) is 4.25. The maximum atomic E-state index is 12.7. The second kappa shape index (κ2) is 8.78. The Labute approximate surface area is 182 Å². The minimum Gasteiger partial charge on any atom is -0.361 e. The van der Waals surface area contributed by atoms with E-state index in [1.807, 2.05) is 12.3 Å². The minimum atomic E-state index is 0.0889. The number of para-hydroxylation sites is 1. The summed E-state index contributed by atoms with van der Waals surface area (Å²) in [5.41, 5.74) is 6.38. The number of nitrogens with one attached hydrogen (secondary N) is 2. The second-order valence-corrected chi connectivity index (χ2v) is 8.29. The molecule has 31 heavy (non-hydrogen) atoms. The number of fused-ring (bicyclic) bond motifs is 2. The van der Waals surface area contributed by atoms with Gasteiger partial charge in [-0.2, -0.15) is 0 Å². The molecule has 0 saturated carbocycles. The molecule has 1 unspecified atom stereocenters. The quantitative estimate of drug-likeness (QED) is 0.493. The molecular weight excluding hydrogens is 382 g/mol. The molecule has 1 aliphatic rings. The molecule has 3 aromatic carbocycles. The van der Waals surface area contributed by atoms with Crippen molar-refractivity contribution in [2.24, 2.45) is 0 Å². The molecule has 4 aromatic rings. The van der Waals surface area contributed by atoms with Gasteiger partial charge in [0.15, 0.2) is 0 Å². The molecule has 156 valence electrons. The van der Waals surface area contributed by atoms with Crippen LogP contribution < -0.4 is 5.32 Å². The highest BCUT2D eigenvalue weighted by Gasteiger charge is 2.27. The van der Waals surface area contributed by atoms with Crippen LogP contribution in [0.3, 0.4) is 0 Å². The van der Waals surface area contributed by atoms with Gasteiger partial charge in [0.05, 0.1) is 6.54 Å². The van der Waals surface area contributed by atoms with Crippen LogP contribution in [-0.2, 0) is 17.8 Å². The van der Waals surface area contributed by atoms with Crippen molar-refractivity contribution in [3.8, 4) is 0 Å². The van der Waals surface area contributed by atoms with Crippen LogP contribution in [-0.4, -0.2) is 35.4 Å². The normalized spacial score (nSPS) is 16.2. The summed E-state index contributed by atoms with van der Waals surface area (Å²) < 4.78 is 0. The monoisotopic (exact) mass is 409 g/mol.